The summed E-state index contributed by atoms with van der Waals surface area (Å²) in [6, 6.07) is 7.62. The van der Waals surface area contributed by atoms with E-state index in [9.17, 15) is 4.39 Å². The van der Waals surface area contributed by atoms with Crippen LogP contribution in [-0.2, 0) is 12.8 Å². The van der Waals surface area contributed by atoms with E-state index >= 15 is 0 Å². The zero-order valence-corrected chi connectivity index (χ0v) is 11.8. The maximum Gasteiger partial charge on any atom is 0.142 e. The Morgan fingerprint density at radius 1 is 0.950 bits per heavy atom. The van der Waals surface area contributed by atoms with Gasteiger partial charge >= 0.3 is 0 Å². The molecule has 0 atom stereocenters. The molecule has 0 saturated heterocycles. The largest absolute Gasteiger partial charge is 0.205 e. The van der Waals surface area contributed by atoms with Crippen molar-refractivity contribution in [3.63, 3.8) is 0 Å². The Bertz CT molecular complexity index is 925. The lowest BCUT2D eigenvalue weighted by atomic mass is 9.89. The summed E-state index contributed by atoms with van der Waals surface area (Å²) in [5.74, 6) is -0.337. The van der Waals surface area contributed by atoms with Crippen LogP contribution < -0.4 is 10.4 Å². The summed E-state index contributed by atoms with van der Waals surface area (Å²) in [4.78, 5) is 0. The minimum absolute atomic E-state index is 0.203. The molecule has 2 aromatic carbocycles. The highest BCUT2D eigenvalue weighted by molar-refractivity contribution is 6.30. The highest BCUT2D eigenvalue weighted by atomic mass is 35.5. The van der Waals surface area contributed by atoms with Crippen molar-refractivity contribution in [1.29, 1.82) is 0 Å². The third-order valence-corrected chi connectivity index (χ3v) is 4.66. The molecule has 0 unspecified atom stereocenters. The number of fused-ring (bicyclic) bond motifs is 4. The molecular formula is C18H14ClF. The van der Waals surface area contributed by atoms with Crippen molar-refractivity contribution in [2.24, 2.45) is 0 Å². The maximum absolute atomic E-state index is 13.8. The molecule has 2 aromatic rings. The van der Waals surface area contributed by atoms with Gasteiger partial charge in [-0.2, -0.15) is 0 Å². The Kier molecular flexibility index (Phi) is 2.71. The molecule has 0 nitrogen and oxygen atoms in total. The summed E-state index contributed by atoms with van der Waals surface area (Å²) in [5, 5.41) is 4.76. The molecule has 0 spiro atoms. The second-order valence-electron chi connectivity index (χ2n) is 5.52. The number of rotatable bonds is 0. The van der Waals surface area contributed by atoms with Gasteiger partial charge in [-0.25, -0.2) is 4.39 Å². The smallest absolute Gasteiger partial charge is 0.142 e. The maximum atomic E-state index is 13.8. The zero-order chi connectivity index (χ0) is 13.7. The van der Waals surface area contributed by atoms with Gasteiger partial charge in [-0.05, 0) is 69.8 Å². The number of benzene rings is 2. The molecule has 0 heterocycles. The highest BCUT2D eigenvalue weighted by Gasteiger charge is 2.12. The lowest BCUT2D eigenvalue weighted by Crippen LogP contribution is -2.19. The Balaban J connectivity index is 2.22. The van der Waals surface area contributed by atoms with Gasteiger partial charge < -0.3 is 0 Å². The van der Waals surface area contributed by atoms with E-state index in [-0.39, 0.29) is 10.8 Å². The van der Waals surface area contributed by atoms with E-state index in [0.717, 1.165) is 29.7 Å². The van der Waals surface area contributed by atoms with Crippen LogP contribution in [0, 0.1) is 16.3 Å². The summed E-state index contributed by atoms with van der Waals surface area (Å²) < 4.78 is 13.8. The normalized spacial score (nSPS) is 15.5. The Hall–Kier alpha value is -1.60. The molecule has 0 bridgehead atoms. The molecule has 0 saturated carbocycles. The quantitative estimate of drug-likeness (QED) is 0.697. The predicted molar refractivity (Wildman–Crippen MR) is 80.3 cm³/mol. The van der Waals surface area contributed by atoms with Gasteiger partial charge in [0.15, 0.2) is 0 Å². The second-order valence-corrected chi connectivity index (χ2v) is 5.92. The van der Waals surface area contributed by atoms with Crippen molar-refractivity contribution in [3.05, 3.63) is 67.1 Å². The molecule has 0 aliphatic heterocycles. The molecule has 20 heavy (non-hydrogen) atoms. The van der Waals surface area contributed by atoms with Crippen molar-refractivity contribution >= 4 is 23.8 Å². The Labute approximate surface area is 121 Å². The number of hydrogen-bond donors (Lipinski definition) is 0. The SMILES string of the molecule is Fc1cc2c(cc1Cl)=CCc1c3c(ccc1=2)=CCCC3. The zero-order valence-electron chi connectivity index (χ0n) is 11.0. The first-order valence-electron chi connectivity index (χ1n) is 7.04. The van der Waals surface area contributed by atoms with Gasteiger partial charge in [0.05, 0.1) is 5.02 Å². The summed E-state index contributed by atoms with van der Waals surface area (Å²) in [6.07, 6.45) is 8.91. The second kappa shape index (κ2) is 4.46. The molecule has 2 heteroatoms. The van der Waals surface area contributed by atoms with Crippen LogP contribution in [0.2, 0.25) is 5.02 Å². The molecule has 0 N–H and O–H groups in total. The van der Waals surface area contributed by atoms with E-state index < -0.39 is 0 Å². The van der Waals surface area contributed by atoms with Gasteiger partial charge in [0.1, 0.15) is 5.82 Å². The van der Waals surface area contributed by atoms with Crippen LogP contribution in [-0.4, -0.2) is 0 Å². The van der Waals surface area contributed by atoms with E-state index in [1.54, 1.807) is 12.1 Å². The van der Waals surface area contributed by atoms with Gasteiger partial charge in [-0.3, -0.25) is 0 Å². The van der Waals surface area contributed by atoms with Gasteiger partial charge in [0, 0.05) is 0 Å². The molecule has 0 radical (unpaired) electrons. The molecule has 0 amide bonds. The molecular weight excluding hydrogens is 271 g/mol. The van der Waals surface area contributed by atoms with Crippen molar-refractivity contribution in [2.75, 3.05) is 0 Å². The summed E-state index contributed by atoms with van der Waals surface area (Å²) in [6.45, 7) is 0. The van der Waals surface area contributed by atoms with Crippen molar-refractivity contribution in [2.45, 2.75) is 25.7 Å². The third-order valence-electron chi connectivity index (χ3n) is 4.37. The van der Waals surface area contributed by atoms with Crippen LogP contribution in [0.3, 0.4) is 0 Å². The average molecular weight is 285 g/mol. The van der Waals surface area contributed by atoms with E-state index in [0.29, 0.717) is 0 Å². The van der Waals surface area contributed by atoms with Crippen LogP contribution in [0.1, 0.15) is 24.0 Å². The average Bonchev–Trinajstić information content (AvgIpc) is 2.48. The van der Waals surface area contributed by atoms with Gasteiger partial charge in [0.2, 0.25) is 0 Å². The van der Waals surface area contributed by atoms with Crippen LogP contribution in [0.25, 0.3) is 12.2 Å². The highest BCUT2D eigenvalue weighted by Crippen LogP contribution is 2.19. The predicted octanol–water partition coefficient (Wildman–Crippen LogP) is 3.22. The molecule has 0 aromatic heterocycles. The standard InChI is InChI=1S/C18H14ClF/c19-17-9-12-6-8-14-13-4-2-1-3-11(13)5-7-15(14)16(12)10-18(17)20/h3,5-7,9-10H,1-2,4,8H2. The van der Waals surface area contributed by atoms with E-state index in [4.69, 9.17) is 11.6 Å². The van der Waals surface area contributed by atoms with E-state index in [2.05, 4.69) is 24.3 Å². The van der Waals surface area contributed by atoms with E-state index in [1.807, 2.05) is 0 Å². The number of halogens is 2. The van der Waals surface area contributed by atoms with Gasteiger partial charge in [0.25, 0.3) is 0 Å². The summed E-state index contributed by atoms with van der Waals surface area (Å²) in [5.41, 5.74) is 2.82. The lowest BCUT2D eigenvalue weighted by Gasteiger charge is -2.16. The molecule has 2 aliphatic rings. The fourth-order valence-corrected chi connectivity index (χ4v) is 3.57. The minimum atomic E-state index is -0.337. The first-order chi connectivity index (χ1) is 9.74. The van der Waals surface area contributed by atoms with Crippen molar-refractivity contribution in [1.82, 2.24) is 0 Å². The summed E-state index contributed by atoms with van der Waals surface area (Å²) >= 11 is 5.89. The number of hydrogen-bond acceptors (Lipinski definition) is 0. The van der Waals surface area contributed by atoms with E-state index in [1.165, 1.54) is 28.0 Å². The topological polar surface area (TPSA) is 0 Å². The molecule has 4 rings (SSSR count). The van der Waals surface area contributed by atoms with Crippen LogP contribution >= 0.6 is 11.6 Å². The van der Waals surface area contributed by atoms with Crippen molar-refractivity contribution in [3.8, 4) is 0 Å². The molecule has 100 valence electrons. The molecule has 0 fully saturated rings. The first kappa shape index (κ1) is 12.2. The van der Waals surface area contributed by atoms with Crippen molar-refractivity contribution < 1.29 is 4.39 Å². The minimum Gasteiger partial charge on any atom is -0.205 e. The third kappa shape index (κ3) is 1.73. The Morgan fingerprint density at radius 3 is 2.75 bits per heavy atom. The monoisotopic (exact) mass is 284 g/mol. The first-order valence-corrected chi connectivity index (χ1v) is 7.42. The lowest BCUT2D eigenvalue weighted by molar-refractivity contribution is 0.626. The van der Waals surface area contributed by atoms with Gasteiger partial charge in [-0.1, -0.05) is 35.9 Å². The van der Waals surface area contributed by atoms with Crippen LogP contribution in [0.4, 0.5) is 4.39 Å². The summed E-state index contributed by atoms with van der Waals surface area (Å²) in [7, 11) is 0. The fraction of sp³-hybridized carbons (Fsp3) is 0.222. The fourth-order valence-electron chi connectivity index (χ4n) is 3.40. The van der Waals surface area contributed by atoms with Crippen LogP contribution in [0.5, 0.6) is 0 Å². The van der Waals surface area contributed by atoms with Gasteiger partial charge in [-0.15, -0.1) is 0 Å². The Morgan fingerprint density at radius 2 is 1.85 bits per heavy atom. The van der Waals surface area contributed by atoms with Crippen LogP contribution in [0.15, 0.2) is 24.3 Å². The molecule has 2 aliphatic carbocycles.